The molecule has 0 N–H and O–H groups in total. The molecule has 62 valence electrons. The van der Waals surface area contributed by atoms with Crippen molar-refractivity contribution in [1.82, 2.24) is 14.8 Å². The molecule has 0 saturated carbocycles. The number of hydrogen-bond acceptors (Lipinski definition) is 3. The van der Waals surface area contributed by atoms with E-state index in [1.807, 2.05) is 23.9 Å². The average molecular weight is 244 g/mol. The highest BCUT2D eigenvalue weighted by Gasteiger charge is 2.01. The molecule has 0 saturated heterocycles. The van der Waals surface area contributed by atoms with Crippen LogP contribution in [0.5, 0.6) is 0 Å². The van der Waals surface area contributed by atoms with Crippen molar-refractivity contribution in [2.45, 2.75) is 6.92 Å². The van der Waals surface area contributed by atoms with Gasteiger partial charge >= 0.3 is 0 Å². The summed E-state index contributed by atoms with van der Waals surface area (Å²) in [6, 6.07) is 1.97. The normalized spacial score (nSPS) is 10.5. The van der Waals surface area contributed by atoms with Crippen molar-refractivity contribution in [2.24, 2.45) is 0 Å². The third kappa shape index (κ3) is 1.42. The highest BCUT2D eigenvalue weighted by Crippen LogP contribution is 2.21. The molecule has 0 aliphatic rings. The van der Waals surface area contributed by atoms with Gasteiger partial charge in [0.05, 0.1) is 11.9 Å². The molecular weight excluding hydrogens is 238 g/mol. The average Bonchev–Trinajstić information content (AvgIpc) is 2.58. The number of aryl methyl sites for hydroxylation is 1. The monoisotopic (exact) mass is 243 g/mol. The first-order chi connectivity index (χ1) is 5.75. The largest absolute Gasteiger partial charge is 0.235 e. The minimum atomic E-state index is 0.880. The molecule has 5 heteroatoms. The Bertz CT molecular complexity index is 355. The Morgan fingerprint density at radius 3 is 2.92 bits per heavy atom. The Morgan fingerprint density at radius 2 is 2.42 bits per heavy atom. The molecule has 0 amide bonds. The van der Waals surface area contributed by atoms with Crippen LogP contribution in [0.4, 0.5) is 0 Å². The minimum Gasteiger partial charge on any atom is -0.235 e. The summed E-state index contributed by atoms with van der Waals surface area (Å²) in [6.45, 7) is 1.96. The van der Waals surface area contributed by atoms with Gasteiger partial charge in [0.25, 0.3) is 0 Å². The van der Waals surface area contributed by atoms with Crippen LogP contribution in [0.2, 0.25) is 0 Å². The summed E-state index contributed by atoms with van der Waals surface area (Å²) in [5, 5.41) is 5.28. The van der Waals surface area contributed by atoms with Crippen molar-refractivity contribution in [3.05, 3.63) is 28.1 Å². The lowest BCUT2D eigenvalue weighted by Crippen LogP contribution is -1.90. The van der Waals surface area contributed by atoms with Crippen molar-refractivity contribution in [2.75, 3.05) is 0 Å². The van der Waals surface area contributed by atoms with E-state index in [1.165, 1.54) is 0 Å². The Labute approximate surface area is 82.2 Å². The van der Waals surface area contributed by atoms with Gasteiger partial charge in [-0.15, -0.1) is 0 Å². The molecule has 2 heterocycles. The van der Waals surface area contributed by atoms with Crippen LogP contribution in [-0.2, 0) is 0 Å². The highest BCUT2D eigenvalue weighted by atomic mass is 79.9. The van der Waals surface area contributed by atoms with Crippen LogP contribution >= 0.6 is 27.3 Å². The van der Waals surface area contributed by atoms with Crippen LogP contribution in [0.1, 0.15) is 5.69 Å². The van der Waals surface area contributed by atoms with Gasteiger partial charge in [-0.05, 0) is 28.9 Å². The molecule has 2 aromatic rings. The second-order valence-corrected chi connectivity index (χ2v) is 4.64. The van der Waals surface area contributed by atoms with Crippen molar-refractivity contribution in [1.29, 1.82) is 0 Å². The molecule has 2 rings (SSSR count). The van der Waals surface area contributed by atoms with E-state index in [9.17, 15) is 0 Å². The summed E-state index contributed by atoms with van der Waals surface area (Å²) in [5.41, 5.74) is 1.01. The third-order valence-electron chi connectivity index (χ3n) is 1.41. The molecule has 12 heavy (non-hydrogen) atoms. The molecule has 0 atom stereocenters. The van der Waals surface area contributed by atoms with Gasteiger partial charge in [0.15, 0.2) is 3.92 Å². The van der Waals surface area contributed by atoms with Crippen LogP contribution < -0.4 is 0 Å². The van der Waals surface area contributed by atoms with Gasteiger partial charge in [-0.3, -0.25) is 0 Å². The number of hydrogen-bond donors (Lipinski definition) is 0. The summed E-state index contributed by atoms with van der Waals surface area (Å²) in [5.74, 6) is 0. The van der Waals surface area contributed by atoms with E-state index in [1.54, 1.807) is 17.5 Å². The molecule has 0 unspecified atom stereocenters. The maximum atomic E-state index is 4.26. The fourth-order valence-corrected chi connectivity index (χ4v) is 2.07. The van der Waals surface area contributed by atoms with Crippen LogP contribution in [0.3, 0.4) is 0 Å². The smallest absolute Gasteiger partial charge is 0.161 e. The van der Waals surface area contributed by atoms with Gasteiger partial charge in [-0.25, -0.2) is 9.67 Å². The van der Waals surface area contributed by atoms with Gasteiger partial charge in [0.1, 0.15) is 5.00 Å². The van der Waals surface area contributed by atoms with E-state index in [-0.39, 0.29) is 0 Å². The lowest BCUT2D eigenvalue weighted by atomic mass is 10.5. The quantitative estimate of drug-likeness (QED) is 0.771. The number of aromatic nitrogens is 3. The van der Waals surface area contributed by atoms with Crippen molar-refractivity contribution in [3.63, 3.8) is 0 Å². The second kappa shape index (κ2) is 2.99. The van der Waals surface area contributed by atoms with Crippen molar-refractivity contribution >= 4 is 27.3 Å². The second-order valence-electron chi connectivity index (χ2n) is 2.35. The van der Waals surface area contributed by atoms with Crippen LogP contribution in [0.15, 0.2) is 22.4 Å². The summed E-state index contributed by atoms with van der Waals surface area (Å²) < 4.78 is 2.70. The topological polar surface area (TPSA) is 30.7 Å². The minimum absolute atomic E-state index is 0.880. The third-order valence-corrected chi connectivity index (χ3v) is 2.88. The van der Waals surface area contributed by atoms with Crippen molar-refractivity contribution < 1.29 is 0 Å². The molecule has 0 fully saturated rings. The number of thiazole rings is 1. The predicted octanol–water partition coefficient (Wildman–Crippen LogP) is 2.40. The first kappa shape index (κ1) is 7.94. The molecule has 0 bridgehead atoms. The van der Waals surface area contributed by atoms with E-state index in [2.05, 4.69) is 26.0 Å². The Hall–Kier alpha value is -0.680. The Balaban J connectivity index is 2.43. The Kier molecular flexibility index (Phi) is 1.98. The van der Waals surface area contributed by atoms with Crippen molar-refractivity contribution in [3.8, 4) is 5.00 Å². The SMILES string of the molecule is Cc1ccn(-c2cnc(Br)s2)n1. The zero-order chi connectivity index (χ0) is 8.55. The molecule has 0 aliphatic heterocycles. The predicted molar refractivity (Wildman–Crippen MR) is 51.7 cm³/mol. The van der Waals surface area contributed by atoms with E-state index in [0.717, 1.165) is 14.6 Å². The van der Waals surface area contributed by atoms with E-state index in [0.29, 0.717) is 0 Å². The fraction of sp³-hybridized carbons (Fsp3) is 0.143. The van der Waals surface area contributed by atoms with Gasteiger partial charge in [0, 0.05) is 6.20 Å². The van der Waals surface area contributed by atoms with Gasteiger partial charge < -0.3 is 0 Å². The maximum absolute atomic E-state index is 4.26. The molecule has 0 radical (unpaired) electrons. The first-order valence-electron chi connectivity index (χ1n) is 3.40. The zero-order valence-corrected chi connectivity index (χ0v) is 8.76. The van der Waals surface area contributed by atoms with Crippen LogP contribution in [0.25, 0.3) is 5.00 Å². The number of nitrogens with zero attached hydrogens (tertiary/aromatic N) is 3. The standard InChI is InChI=1S/C7H6BrN3S/c1-5-2-3-11(10-5)6-4-9-7(8)12-6/h2-4H,1H3. The zero-order valence-electron chi connectivity index (χ0n) is 6.36. The summed E-state index contributed by atoms with van der Waals surface area (Å²) in [6.07, 6.45) is 3.72. The molecule has 0 spiro atoms. The first-order valence-corrected chi connectivity index (χ1v) is 5.00. The number of rotatable bonds is 1. The van der Waals surface area contributed by atoms with Gasteiger partial charge in [0.2, 0.25) is 0 Å². The lowest BCUT2D eigenvalue weighted by molar-refractivity contribution is 0.875. The Morgan fingerprint density at radius 1 is 1.58 bits per heavy atom. The van der Waals surface area contributed by atoms with E-state index >= 15 is 0 Å². The van der Waals surface area contributed by atoms with Gasteiger partial charge in [-0.1, -0.05) is 11.3 Å². The lowest BCUT2D eigenvalue weighted by Gasteiger charge is -1.91. The summed E-state index contributed by atoms with van der Waals surface area (Å²) >= 11 is 4.86. The van der Waals surface area contributed by atoms with Crippen LogP contribution in [-0.4, -0.2) is 14.8 Å². The van der Waals surface area contributed by atoms with Gasteiger partial charge in [-0.2, -0.15) is 5.10 Å². The summed E-state index contributed by atoms with van der Waals surface area (Å²) in [4.78, 5) is 4.08. The number of halogens is 1. The van der Waals surface area contributed by atoms with E-state index < -0.39 is 0 Å². The van der Waals surface area contributed by atoms with Crippen LogP contribution in [0, 0.1) is 6.92 Å². The summed E-state index contributed by atoms with van der Waals surface area (Å²) in [7, 11) is 0. The van der Waals surface area contributed by atoms with E-state index in [4.69, 9.17) is 0 Å². The highest BCUT2D eigenvalue weighted by molar-refractivity contribution is 9.11. The fourth-order valence-electron chi connectivity index (χ4n) is 0.889. The molecule has 0 aliphatic carbocycles. The maximum Gasteiger partial charge on any atom is 0.161 e. The molecular formula is C7H6BrN3S. The molecule has 2 aromatic heterocycles. The molecule has 3 nitrogen and oxygen atoms in total. The molecule has 0 aromatic carbocycles.